The Kier molecular flexibility index (Phi) is 4.13. The number of Topliss-reactive ketones (excluding diaryl/α,β-unsaturated/α-hetero) is 1. The van der Waals surface area contributed by atoms with Gasteiger partial charge in [-0.2, -0.15) is 0 Å². The molecule has 1 saturated heterocycles. The molecule has 0 aromatic carbocycles. The molecule has 0 radical (unpaired) electrons. The van der Waals surface area contributed by atoms with Crippen LogP contribution in [0.4, 0.5) is 4.79 Å². The first kappa shape index (κ1) is 13.5. The predicted octanol–water partition coefficient (Wildman–Crippen LogP) is 0.871. The molecule has 0 spiro atoms. The highest BCUT2D eigenvalue weighted by Gasteiger charge is 2.35. The van der Waals surface area contributed by atoms with Gasteiger partial charge in [0.25, 0.3) is 0 Å². The predicted molar refractivity (Wildman–Crippen MR) is 61.4 cm³/mol. The van der Waals surface area contributed by atoms with Gasteiger partial charge in [-0.05, 0) is 33.1 Å². The maximum absolute atomic E-state index is 11.5. The van der Waals surface area contributed by atoms with Crippen LogP contribution in [0.25, 0.3) is 0 Å². The lowest BCUT2D eigenvalue weighted by Gasteiger charge is -2.22. The summed E-state index contributed by atoms with van der Waals surface area (Å²) in [6.07, 6.45) is 4.25. The minimum atomic E-state index is -0.757. The Labute approximate surface area is 101 Å². The van der Waals surface area contributed by atoms with Gasteiger partial charge in [0.2, 0.25) is 5.78 Å². The van der Waals surface area contributed by atoms with Crippen LogP contribution in [-0.2, 0) is 14.3 Å². The normalized spacial score (nSPS) is 23.9. The van der Waals surface area contributed by atoms with Gasteiger partial charge in [0, 0.05) is 6.61 Å². The number of hydrogen-bond donors (Lipinski definition) is 1. The molecule has 0 aromatic heterocycles. The Morgan fingerprint density at radius 1 is 1.47 bits per heavy atom. The first-order valence-electron chi connectivity index (χ1n) is 5.45. The van der Waals surface area contributed by atoms with Gasteiger partial charge in [-0.1, -0.05) is 0 Å². The van der Waals surface area contributed by atoms with E-state index in [9.17, 15) is 9.59 Å². The van der Waals surface area contributed by atoms with Gasteiger partial charge >= 0.3 is 6.09 Å². The number of rotatable bonds is 2. The van der Waals surface area contributed by atoms with Crippen molar-refractivity contribution >= 4 is 11.9 Å². The Hall–Kier alpha value is -1.54. The first-order chi connectivity index (χ1) is 7.83. The van der Waals surface area contributed by atoms with Crippen LogP contribution < -0.4 is 5.32 Å². The highest BCUT2D eigenvalue weighted by molar-refractivity contribution is 5.99. The zero-order valence-corrected chi connectivity index (χ0v) is 10.3. The van der Waals surface area contributed by atoms with Crippen molar-refractivity contribution in [3.8, 4) is 12.3 Å². The van der Waals surface area contributed by atoms with E-state index in [1.807, 2.05) is 5.92 Å². The number of amides is 1. The number of nitrogens with one attached hydrogen (secondary N) is 1. The summed E-state index contributed by atoms with van der Waals surface area (Å²) in [4.78, 5) is 22.9. The minimum absolute atomic E-state index is 0.401. The van der Waals surface area contributed by atoms with E-state index in [0.29, 0.717) is 13.0 Å². The summed E-state index contributed by atoms with van der Waals surface area (Å²) >= 11 is 0. The molecule has 0 bridgehead atoms. The molecule has 0 unspecified atom stereocenters. The van der Waals surface area contributed by atoms with E-state index in [-0.39, 0.29) is 0 Å². The number of ketones is 1. The first-order valence-corrected chi connectivity index (χ1v) is 5.45. The minimum Gasteiger partial charge on any atom is -0.444 e. The molecule has 1 rings (SSSR count). The van der Waals surface area contributed by atoms with Crippen molar-refractivity contribution in [1.82, 2.24) is 5.32 Å². The van der Waals surface area contributed by atoms with Crippen LogP contribution in [0.15, 0.2) is 0 Å². The second-order valence-corrected chi connectivity index (χ2v) is 4.84. The molecule has 0 aromatic rings. The molecule has 0 saturated carbocycles. The summed E-state index contributed by atoms with van der Waals surface area (Å²) in [5.41, 5.74) is -0.574. The molecule has 1 heterocycles. The molecule has 0 aliphatic carbocycles. The van der Waals surface area contributed by atoms with Crippen LogP contribution in [0.3, 0.4) is 0 Å². The third kappa shape index (κ3) is 4.08. The van der Waals surface area contributed by atoms with Crippen LogP contribution in [0, 0.1) is 12.3 Å². The summed E-state index contributed by atoms with van der Waals surface area (Å²) in [5.74, 6) is 1.55. The SMILES string of the molecule is C#CC(=O)[C@H]1OCC[C@H]1NC(=O)OC(C)(C)C. The average Bonchev–Trinajstić information content (AvgIpc) is 2.61. The van der Waals surface area contributed by atoms with Gasteiger partial charge in [0.1, 0.15) is 11.7 Å². The van der Waals surface area contributed by atoms with Crippen molar-refractivity contribution in [3.63, 3.8) is 0 Å². The van der Waals surface area contributed by atoms with Crippen LogP contribution in [0.1, 0.15) is 27.2 Å². The van der Waals surface area contributed by atoms with E-state index in [2.05, 4.69) is 5.32 Å². The van der Waals surface area contributed by atoms with Gasteiger partial charge in [-0.25, -0.2) is 4.79 Å². The highest BCUT2D eigenvalue weighted by Crippen LogP contribution is 2.15. The molecule has 2 atom stereocenters. The maximum Gasteiger partial charge on any atom is 0.407 e. The number of alkyl carbamates (subject to hydrolysis) is 1. The molecule has 1 aliphatic heterocycles. The Balaban J connectivity index is 2.54. The highest BCUT2D eigenvalue weighted by atomic mass is 16.6. The summed E-state index contributed by atoms with van der Waals surface area (Å²) in [7, 11) is 0. The van der Waals surface area contributed by atoms with Crippen molar-refractivity contribution in [1.29, 1.82) is 0 Å². The van der Waals surface area contributed by atoms with E-state index in [4.69, 9.17) is 15.9 Å². The van der Waals surface area contributed by atoms with Gasteiger partial charge in [0.15, 0.2) is 0 Å². The molecular formula is C12H17NO4. The number of hydrogen-bond acceptors (Lipinski definition) is 4. The van der Waals surface area contributed by atoms with Crippen LogP contribution in [0.5, 0.6) is 0 Å². The van der Waals surface area contributed by atoms with Crippen molar-refractivity contribution in [3.05, 3.63) is 0 Å². The van der Waals surface area contributed by atoms with Crippen molar-refractivity contribution in [2.75, 3.05) is 6.61 Å². The lowest BCUT2D eigenvalue weighted by atomic mass is 10.1. The average molecular weight is 239 g/mol. The van der Waals surface area contributed by atoms with Gasteiger partial charge in [0.05, 0.1) is 6.04 Å². The molecule has 1 amide bonds. The molecule has 5 nitrogen and oxygen atoms in total. The van der Waals surface area contributed by atoms with Gasteiger partial charge in [-0.15, -0.1) is 6.42 Å². The topological polar surface area (TPSA) is 64.6 Å². The lowest BCUT2D eigenvalue weighted by Crippen LogP contribution is -2.45. The van der Waals surface area contributed by atoms with E-state index >= 15 is 0 Å². The summed E-state index contributed by atoms with van der Waals surface area (Å²) in [5, 5.41) is 2.60. The zero-order chi connectivity index (χ0) is 13.1. The lowest BCUT2D eigenvalue weighted by molar-refractivity contribution is -0.122. The number of terminal acetylenes is 1. The summed E-state index contributed by atoms with van der Waals surface area (Å²) in [6.45, 7) is 5.70. The second kappa shape index (κ2) is 5.19. The zero-order valence-electron chi connectivity index (χ0n) is 10.3. The van der Waals surface area contributed by atoms with Gasteiger partial charge < -0.3 is 14.8 Å². The molecular weight excluding hydrogens is 222 g/mol. The molecule has 94 valence electrons. The second-order valence-electron chi connectivity index (χ2n) is 4.84. The van der Waals surface area contributed by atoms with E-state index in [1.165, 1.54) is 0 Å². The van der Waals surface area contributed by atoms with Crippen molar-refractivity contribution in [2.45, 2.75) is 44.9 Å². The fourth-order valence-corrected chi connectivity index (χ4v) is 1.54. The fraction of sp³-hybridized carbons (Fsp3) is 0.667. The van der Waals surface area contributed by atoms with Crippen molar-refractivity contribution in [2.24, 2.45) is 0 Å². The van der Waals surface area contributed by atoms with E-state index < -0.39 is 29.6 Å². The quantitative estimate of drug-likeness (QED) is 0.573. The van der Waals surface area contributed by atoms with Crippen LogP contribution in [0.2, 0.25) is 0 Å². The molecule has 5 heteroatoms. The van der Waals surface area contributed by atoms with E-state index in [0.717, 1.165) is 0 Å². The Morgan fingerprint density at radius 2 is 2.12 bits per heavy atom. The third-order valence-corrected chi connectivity index (χ3v) is 2.19. The fourth-order valence-electron chi connectivity index (χ4n) is 1.54. The van der Waals surface area contributed by atoms with E-state index in [1.54, 1.807) is 20.8 Å². The molecule has 1 aliphatic rings. The standard InChI is InChI=1S/C12H17NO4/c1-5-9(14)10-8(6-7-16-10)13-11(15)17-12(2,3)4/h1,8,10H,6-7H2,2-4H3,(H,13,15)/t8-,10+/m1/s1. The number of carbonyl (C=O) groups excluding carboxylic acids is 2. The third-order valence-electron chi connectivity index (χ3n) is 2.19. The summed E-state index contributed by atoms with van der Waals surface area (Å²) in [6, 6.07) is -0.409. The maximum atomic E-state index is 11.5. The number of ether oxygens (including phenoxy) is 2. The molecule has 17 heavy (non-hydrogen) atoms. The molecule has 1 N–H and O–H groups in total. The number of carbonyl (C=O) groups is 2. The summed E-state index contributed by atoms with van der Waals surface area (Å²) < 4.78 is 10.3. The Bertz CT molecular complexity index is 350. The smallest absolute Gasteiger partial charge is 0.407 e. The van der Waals surface area contributed by atoms with Crippen LogP contribution >= 0.6 is 0 Å². The van der Waals surface area contributed by atoms with Crippen LogP contribution in [-0.4, -0.2) is 36.2 Å². The Morgan fingerprint density at radius 3 is 2.65 bits per heavy atom. The monoisotopic (exact) mass is 239 g/mol. The van der Waals surface area contributed by atoms with Crippen molar-refractivity contribution < 1.29 is 19.1 Å². The largest absolute Gasteiger partial charge is 0.444 e. The molecule has 1 fully saturated rings. The van der Waals surface area contributed by atoms with Gasteiger partial charge in [-0.3, -0.25) is 4.79 Å².